The van der Waals surface area contributed by atoms with Crippen LogP contribution in [-0.4, -0.2) is 9.97 Å². The van der Waals surface area contributed by atoms with Crippen molar-refractivity contribution in [1.82, 2.24) is 9.97 Å². The van der Waals surface area contributed by atoms with Crippen molar-refractivity contribution in [2.45, 2.75) is 13.5 Å². The molecule has 0 spiro atoms. The SMILES string of the molecule is Cc1ccccc1CNc1cc(Nc2ccc(Cl)cc2)ncn1. The van der Waals surface area contributed by atoms with Crippen LogP contribution in [0.5, 0.6) is 0 Å². The van der Waals surface area contributed by atoms with Gasteiger partial charge >= 0.3 is 0 Å². The molecule has 3 rings (SSSR count). The van der Waals surface area contributed by atoms with Crippen molar-refractivity contribution in [3.8, 4) is 0 Å². The zero-order valence-electron chi connectivity index (χ0n) is 12.8. The highest BCUT2D eigenvalue weighted by Crippen LogP contribution is 2.19. The molecule has 0 saturated carbocycles. The van der Waals surface area contributed by atoms with Crippen LogP contribution < -0.4 is 10.6 Å². The van der Waals surface area contributed by atoms with Crippen LogP contribution in [-0.2, 0) is 6.54 Å². The van der Waals surface area contributed by atoms with Gasteiger partial charge in [-0.2, -0.15) is 0 Å². The molecule has 0 amide bonds. The molecule has 0 bridgehead atoms. The molecule has 0 aliphatic carbocycles. The number of halogens is 1. The third-order valence-electron chi connectivity index (χ3n) is 3.50. The number of anilines is 3. The highest BCUT2D eigenvalue weighted by Gasteiger charge is 2.01. The maximum Gasteiger partial charge on any atom is 0.135 e. The summed E-state index contributed by atoms with van der Waals surface area (Å²) in [7, 11) is 0. The summed E-state index contributed by atoms with van der Waals surface area (Å²) < 4.78 is 0. The van der Waals surface area contributed by atoms with Crippen molar-refractivity contribution < 1.29 is 0 Å². The molecule has 0 unspecified atom stereocenters. The first-order chi connectivity index (χ1) is 11.2. The molecule has 5 heteroatoms. The largest absolute Gasteiger partial charge is 0.366 e. The van der Waals surface area contributed by atoms with Crippen LogP contribution in [0.15, 0.2) is 60.9 Å². The van der Waals surface area contributed by atoms with Crippen LogP contribution in [0.3, 0.4) is 0 Å². The molecule has 1 heterocycles. The number of aryl methyl sites for hydroxylation is 1. The van der Waals surface area contributed by atoms with Gasteiger partial charge in [0, 0.05) is 23.3 Å². The smallest absolute Gasteiger partial charge is 0.135 e. The molecule has 0 fully saturated rings. The quantitative estimate of drug-likeness (QED) is 0.708. The van der Waals surface area contributed by atoms with Crippen LogP contribution in [0.25, 0.3) is 0 Å². The van der Waals surface area contributed by atoms with E-state index in [0.717, 1.165) is 23.9 Å². The number of benzene rings is 2. The minimum atomic E-state index is 0.707. The van der Waals surface area contributed by atoms with Crippen LogP contribution in [0.2, 0.25) is 5.02 Å². The summed E-state index contributed by atoms with van der Waals surface area (Å²) in [4.78, 5) is 8.49. The van der Waals surface area contributed by atoms with Crippen molar-refractivity contribution in [3.63, 3.8) is 0 Å². The predicted octanol–water partition coefficient (Wildman–Crippen LogP) is 4.79. The summed E-state index contributed by atoms with van der Waals surface area (Å²) in [5, 5.41) is 7.26. The second kappa shape index (κ2) is 7.11. The Bertz CT molecular complexity index is 787. The number of aromatic nitrogens is 2. The summed E-state index contributed by atoms with van der Waals surface area (Å²) in [6, 6.07) is 17.7. The Morgan fingerprint density at radius 2 is 1.70 bits per heavy atom. The number of nitrogens with one attached hydrogen (secondary N) is 2. The van der Waals surface area contributed by atoms with Gasteiger partial charge in [0.15, 0.2) is 0 Å². The fourth-order valence-electron chi connectivity index (χ4n) is 2.20. The van der Waals surface area contributed by atoms with E-state index >= 15 is 0 Å². The van der Waals surface area contributed by atoms with Crippen LogP contribution in [0, 0.1) is 6.92 Å². The maximum atomic E-state index is 5.89. The molecular formula is C18H17ClN4. The van der Waals surface area contributed by atoms with Gasteiger partial charge < -0.3 is 10.6 Å². The van der Waals surface area contributed by atoms with Crippen molar-refractivity contribution in [3.05, 3.63) is 77.1 Å². The minimum Gasteiger partial charge on any atom is -0.366 e. The van der Waals surface area contributed by atoms with Crippen LogP contribution in [0.1, 0.15) is 11.1 Å². The Hall–Kier alpha value is -2.59. The van der Waals surface area contributed by atoms with E-state index in [1.54, 1.807) is 6.33 Å². The summed E-state index contributed by atoms with van der Waals surface area (Å²) in [5.41, 5.74) is 3.44. The zero-order valence-corrected chi connectivity index (χ0v) is 13.5. The maximum absolute atomic E-state index is 5.89. The van der Waals surface area contributed by atoms with Gasteiger partial charge in [-0.3, -0.25) is 0 Å². The first kappa shape index (κ1) is 15.3. The Balaban J connectivity index is 1.67. The molecular weight excluding hydrogens is 308 g/mol. The second-order valence-electron chi connectivity index (χ2n) is 5.20. The summed E-state index contributed by atoms with van der Waals surface area (Å²) in [6.07, 6.45) is 1.54. The van der Waals surface area contributed by atoms with E-state index in [0.29, 0.717) is 5.02 Å². The van der Waals surface area contributed by atoms with Gasteiger partial charge in [0.25, 0.3) is 0 Å². The highest BCUT2D eigenvalue weighted by atomic mass is 35.5. The molecule has 0 saturated heterocycles. The van der Waals surface area contributed by atoms with E-state index in [-0.39, 0.29) is 0 Å². The van der Waals surface area contributed by atoms with Crippen molar-refractivity contribution in [1.29, 1.82) is 0 Å². The minimum absolute atomic E-state index is 0.707. The van der Waals surface area contributed by atoms with Gasteiger partial charge in [0.2, 0.25) is 0 Å². The average Bonchev–Trinajstić information content (AvgIpc) is 2.57. The van der Waals surface area contributed by atoms with Crippen molar-refractivity contribution in [2.75, 3.05) is 10.6 Å². The molecule has 0 radical (unpaired) electrons. The lowest BCUT2D eigenvalue weighted by Crippen LogP contribution is -2.04. The van der Waals surface area contributed by atoms with Crippen LogP contribution in [0.4, 0.5) is 17.3 Å². The molecule has 0 aliphatic rings. The lowest BCUT2D eigenvalue weighted by molar-refractivity contribution is 1.07. The van der Waals surface area contributed by atoms with E-state index in [1.165, 1.54) is 11.1 Å². The van der Waals surface area contributed by atoms with Crippen molar-refractivity contribution >= 4 is 28.9 Å². The average molecular weight is 325 g/mol. The first-order valence-corrected chi connectivity index (χ1v) is 7.71. The molecule has 116 valence electrons. The zero-order chi connectivity index (χ0) is 16.1. The fraction of sp³-hybridized carbons (Fsp3) is 0.111. The predicted molar refractivity (Wildman–Crippen MR) is 95.3 cm³/mol. The van der Waals surface area contributed by atoms with Crippen LogP contribution >= 0.6 is 11.6 Å². The topological polar surface area (TPSA) is 49.8 Å². The van der Waals surface area contributed by atoms with Gasteiger partial charge in [-0.05, 0) is 42.3 Å². The normalized spacial score (nSPS) is 10.3. The Morgan fingerprint density at radius 1 is 0.957 bits per heavy atom. The van der Waals surface area contributed by atoms with Crippen molar-refractivity contribution in [2.24, 2.45) is 0 Å². The van der Waals surface area contributed by atoms with Gasteiger partial charge in [-0.15, -0.1) is 0 Å². The van der Waals surface area contributed by atoms with Gasteiger partial charge in [-0.1, -0.05) is 35.9 Å². The number of hydrogen-bond donors (Lipinski definition) is 2. The Morgan fingerprint density at radius 3 is 2.48 bits per heavy atom. The molecule has 0 aliphatic heterocycles. The number of rotatable bonds is 5. The monoisotopic (exact) mass is 324 g/mol. The second-order valence-corrected chi connectivity index (χ2v) is 5.64. The lowest BCUT2D eigenvalue weighted by atomic mass is 10.1. The Labute approximate surface area is 140 Å². The van der Waals surface area contributed by atoms with Gasteiger partial charge in [-0.25, -0.2) is 9.97 Å². The molecule has 23 heavy (non-hydrogen) atoms. The first-order valence-electron chi connectivity index (χ1n) is 7.34. The van der Waals surface area contributed by atoms with E-state index < -0.39 is 0 Å². The summed E-state index contributed by atoms with van der Waals surface area (Å²) in [6.45, 7) is 2.83. The Kier molecular flexibility index (Phi) is 4.74. The molecule has 2 aromatic carbocycles. The number of nitrogens with zero attached hydrogens (tertiary/aromatic N) is 2. The third-order valence-corrected chi connectivity index (χ3v) is 3.76. The molecule has 0 atom stereocenters. The third kappa shape index (κ3) is 4.20. The molecule has 4 nitrogen and oxygen atoms in total. The highest BCUT2D eigenvalue weighted by molar-refractivity contribution is 6.30. The van der Waals surface area contributed by atoms with E-state index in [2.05, 4.69) is 39.7 Å². The van der Waals surface area contributed by atoms with E-state index in [1.807, 2.05) is 42.5 Å². The lowest BCUT2D eigenvalue weighted by Gasteiger charge is -2.10. The molecule has 2 N–H and O–H groups in total. The molecule has 1 aromatic heterocycles. The summed E-state index contributed by atoms with van der Waals surface area (Å²) >= 11 is 5.89. The fourth-order valence-corrected chi connectivity index (χ4v) is 2.32. The van der Waals surface area contributed by atoms with E-state index in [9.17, 15) is 0 Å². The van der Waals surface area contributed by atoms with E-state index in [4.69, 9.17) is 11.6 Å². The summed E-state index contributed by atoms with van der Waals surface area (Å²) in [5.74, 6) is 1.51. The standard InChI is InChI=1S/C18H17ClN4/c1-13-4-2-3-5-14(13)11-20-17-10-18(22-12-21-17)23-16-8-6-15(19)7-9-16/h2-10,12H,11H2,1H3,(H2,20,21,22,23). The van der Waals surface area contributed by atoms with Gasteiger partial charge in [0.1, 0.15) is 18.0 Å². The number of hydrogen-bond acceptors (Lipinski definition) is 4. The molecule has 3 aromatic rings. The van der Waals surface area contributed by atoms with Gasteiger partial charge in [0.05, 0.1) is 0 Å².